The summed E-state index contributed by atoms with van der Waals surface area (Å²) in [6.45, 7) is 0.0742. The van der Waals surface area contributed by atoms with Crippen LogP contribution in [-0.4, -0.2) is 18.1 Å². The van der Waals surface area contributed by atoms with Crippen molar-refractivity contribution in [3.63, 3.8) is 0 Å². The molecule has 0 amide bonds. The van der Waals surface area contributed by atoms with Gasteiger partial charge in [-0.3, -0.25) is 4.98 Å². The van der Waals surface area contributed by atoms with Crippen LogP contribution in [0.25, 0.3) is 0 Å². The molecule has 2 rings (SSSR count). The Morgan fingerprint density at radius 3 is 2.85 bits per heavy atom. The summed E-state index contributed by atoms with van der Waals surface area (Å²) >= 11 is 5.90. The third kappa shape index (κ3) is 3.19. The van der Waals surface area contributed by atoms with Crippen molar-refractivity contribution in [2.24, 2.45) is 0 Å². The number of benzene rings is 1. The number of esters is 1. The third-order valence-electron chi connectivity index (χ3n) is 2.62. The Morgan fingerprint density at radius 1 is 1.40 bits per heavy atom. The van der Waals surface area contributed by atoms with Gasteiger partial charge in [0.15, 0.2) is 0 Å². The maximum Gasteiger partial charge on any atom is 0.342 e. The summed E-state index contributed by atoms with van der Waals surface area (Å²) in [5.41, 5.74) is 6.87. The summed E-state index contributed by atoms with van der Waals surface area (Å²) in [6.07, 6.45) is 1.63. The second-order valence-electron chi connectivity index (χ2n) is 3.97. The average Bonchev–Trinajstić information content (AvgIpc) is 2.48. The molecule has 1 aromatic carbocycles. The van der Waals surface area contributed by atoms with Gasteiger partial charge in [-0.15, -0.1) is 0 Å². The molecule has 0 aliphatic carbocycles. The van der Waals surface area contributed by atoms with Crippen LogP contribution < -0.4 is 10.5 Å². The minimum absolute atomic E-state index is 0.0742. The predicted molar refractivity (Wildman–Crippen MR) is 75.8 cm³/mol. The SMILES string of the molecule is COc1cc(N)c(Cl)cc1C(=O)OCc1ccccn1. The molecular formula is C14H13ClN2O3. The molecular weight excluding hydrogens is 280 g/mol. The number of pyridine rings is 1. The lowest BCUT2D eigenvalue weighted by molar-refractivity contribution is 0.0464. The number of nitrogen functional groups attached to an aromatic ring is 1. The number of nitrogens with zero attached hydrogens (tertiary/aromatic N) is 1. The van der Waals surface area contributed by atoms with Crippen LogP contribution in [0.5, 0.6) is 5.75 Å². The fourth-order valence-corrected chi connectivity index (χ4v) is 1.76. The Bertz CT molecular complexity index is 617. The van der Waals surface area contributed by atoms with Gasteiger partial charge in [0.05, 0.1) is 23.5 Å². The minimum Gasteiger partial charge on any atom is -0.496 e. The highest BCUT2D eigenvalue weighted by molar-refractivity contribution is 6.33. The maximum atomic E-state index is 12.0. The molecule has 0 fully saturated rings. The largest absolute Gasteiger partial charge is 0.496 e. The fourth-order valence-electron chi connectivity index (χ4n) is 1.60. The van der Waals surface area contributed by atoms with E-state index in [9.17, 15) is 4.79 Å². The Hall–Kier alpha value is -2.27. The molecule has 0 saturated heterocycles. The molecule has 0 aliphatic heterocycles. The van der Waals surface area contributed by atoms with Gasteiger partial charge in [-0.1, -0.05) is 17.7 Å². The van der Waals surface area contributed by atoms with Gasteiger partial charge in [0.2, 0.25) is 0 Å². The van der Waals surface area contributed by atoms with E-state index in [4.69, 9.17) is 26.8 Å². The maximum absolute atomic E-state index is 12.0. The van der Waals surface area contributed by atoms with Crippen molar-refractivity contribution in [2.75, 3.05) is 12.8 Å². The lowest BCUT2D eigenvalue weighted by Gasteiger charge is -2.10. The molecule has 5 nitrogen and oxygen atoms in total. The Morgan fingerprint density at radius 2 is 2.20 bits per heavy atom. The molecule has 0 unspecified atom stereocenters. The highest BCUT2D eigenvalue weighted by atomic mass is 35.5. The topological polar surface area (TPSA) is 74.4 Å². The zero-order valence-electron chi connectivity index (χ0n) is 10.8. The molecule has 1 aromatic heterocycles. The van der Waals surface area contributed by atoms with Gasteiger partial charge < -0.3 is 15.2 Å². The van der Waals surface area contributed by atoms with Crippen LogP contribution in [0.3, 0.4) is 0 Å². The number of ether oxygens (including phenoxy) is 2. The summed E-state index contributed by atoms with van der Waals surface area (Å²) in [6, 6.07) is 8.28. The zero-order valence-corrected chi connectivity index (χ0v) is 11.6. The molecule has 0 saturated carbocycles. The first kappa shape index (κ1) is 14.1. The number of hydrogen-bond acceptors (Lipinski definition) is 5. The van der Waals surface area contributed by atoms with Crippen molar-refractivity contribution in [3.8, 4) is 5.75 Å². The van der Waals surface area contributed by atoms with E-state index in [1.807, 2.05) is 6.07 Å². The van der Waals surface area contributed by atoms with Crippen LogP contribution in [0.2, 0.25) is 5.02 Å². The van der Waals surface area contributed by atoms with Crippen molar-refractivity contribution in [3.05, 3.63) is 52.8 Å². The third-order valence-corrected chi connectivity index (χ3v) is 2.94. The van der Waals surface area contributed by atoms with E-state index in [1.165, 1.54) is 19.2 Å². The van der Waals surface area contributed by atoms with E-state index in [0.717, 1.165) is 0 Å². The van der Waals surface area contributed by atoms with Crippen LogP contribution in [0.1, 0.15) is 16.1 Å². The number of carbonyl (C=O) groups is 1. The number of carbonyl (C=O) groups excluding carboxylic acids is 1. The number of hydrogen-bond donors (Lipinski definition) is 1. The van der Waals surface area contributed by atoms with E-state index in [1.54, 1.807) is 18.3 Å². The lowest BCUT2D eigenvalue weighted by Crippen LogP contribution is -2.08. The molecule has 20 heavy (non-hydrogen) atoms. The smallest absolute Gasteiger partial charge is 0.342 e. The van der Waals surface area contributed by atoms with E-state index in [-0.39, 0.29) is 17.2 Å². The molecule has 0 atom stereocenters. The van der Waals surface area contributed by atoms with Gasteiger partial charge in [0.25, 0.3) is 0 Å². The molecule has 6 heteroatoms. The van der Waals surface area contributed by atoms with E-state index in [0.29, 0.717) is 17.1 Å². The van der Waals surface area contributed by atoms with E-state index >= 15 is 0 Å². The molecule has 2 N–H and O–H groups in total. The Kier molecular flexibility index (Phi) is 4.42. The normalized spacial score (nSPS) is 10.1. The molecule has 0 spiro atoms. The lowest BCUT2D eigenvalue weighted by atomic mass is 10.2. The quantitative estimate of drug-likeness (QED) is 0.693. The van der Waals surface area contributed by atoms with E-state index in [2.05, 4.69) is 4.98 Å². The van der Waals surface area contributed by atoms with Crippen molar-refractivity contribution in [1.82, 2.24) is 4.98 Å². The first-order valence-electron chi connectivity index (χ1n) is 5.82. The van der Waals surface area contributed by atoms with Crippen molar-refractivity contribution in [2.45, 2.75) is 6.61 Å². The van der Waals surface area contributed by atoms with Crippen LogP contribution in [0.4, 0.5) is 5.69 Å². The number of halogens is 1. The number of nitrogens with two attached hydrogens (primary N) is 1. The van der Waals surface area contributed by atoms with Crippen molar-refractivity contribution in [1.29, 1.82) is 0 Å². The van der Waals surface area contributed by atoms with Crippen LogP contribution >= 0.6 is 11.6 Å². The highest BCUT2D eigenvalue weighted by Crippen LogP contribution is 2.29. The summed E-state index contributed by atoms with van der Waals surface area (Å²) in [5.74, 6) is -0.229. The van der Waals surface area contributed by atoms with Gasteiger partial charge in [-0.25, -0.2) is 4.79 Å². The highest BCUT2D eigenvalue weighted by Gasteiger charge is 2.16. The van der Waals surface area contributed by atoms with Crippen LogP contribution in [0, 0.1) is 0 Å². The average molecular weight is 293 g/mol. The number of anilines is 1. The van der Waals surface area contributed by atoms with Gasteiger partial charge in [-0.05, 0) is 18.2 Å². The zero-order chi connectivity index (χ0) is 14.5. The van der Waals surface area contributed by atoms with Crippen molar-refractivity contribution >= 4 is 23.3 Å². The van der Waals surface area contributed by atoms with Gasteiger partial charge in [0, 0.05) is 12.3 Å². The fraction of sp³-hybridized carbons (Fsp3) is 0.143. The van der Waals surface area contributed by atoms with Gasteiger partial charge in [0.1, 0.15) is 17.9 Å². The van der Waals surface area contributed by atoms with Crippen molar-refractivity contribution < 1.29 is 14.3 Å². The molecule has 0 bridgehead atoms. The monoisotopic (exact) mass is 292 g/mol. The Labute approximate surface area is 121 Å². The second kappa shape index (κ2) is 6.25. The first-order chi connectivity index (χ1) is 9.61. The van der Waals surface area contributed by atoms with Crippen LogP contribution in [-0.2, 0) is 11.3 Å². The molecule has 0 aliphatic rings. The van der Waals surface area contributed by atoms with Gasteiger partial charge >= 0.3 is 5.97 Å². The second-order valence-corrected chi connectivity index (χ2v) is 4.38. The predicted octanol–water partition coefficient (Wildman–Crippen LogP) is 2.68. The van der Waals surface area contributed by atoms with Gasteiger partial charge in [-0.2, -0.15) is 0 Å². The molecule has 2 aromatic rings. The minimum atomic E-state index is -0.547. The summed E-state index contributed by atoms with van der Waals surface area (Å²) in [4.78, 5) is 16.1. The van der Waals surface area contributed by atoms with E-state index < -0.39 is 5.97 Å². The number of rotatable bonds is 4. The summed E-state index contributed by atoms with van der Waals surface area (Å²) in [5, 5.41) is 0.274. The summed E-state index contributed by atoms with van der Waals surface area (Å²) in [7, 11) is 1.44. The van der Waals surface area contributed by atoms with Crippen LogP contribution in [0.15, 0.2) is 36.5 Å². The number of methoxy groups -OCH3 is 1. The first-order valence-corrected chi connectivity index (χ1v) is 6.19. The summed E-state index contributed by atoms with van der Waals surface area (Å²) < 4.78 is 10.3. The molecule has 1 heterocycles. The number of aromatic nitrogens is 1. The molecule has 0 radical (unpaired) electrons. The molecule has 104 valence electrons. The standard InChI is InChI=1S/C14H13ClN2O3/c1-19-13-7-12(16)11(15)6-10(13)14(18)20-8-9-4-2-3-5-17-9/h2-7H,8,16H2,1H3. The Balaban J connectivity index is 2.15.